The molecule has 0 aliphatic rings. The number of pyridine rings is 1. The van der Waals surface area contributed by atoms with E-state index in [9.17, 15) is 4.39 Å². The van der Waals surface area contributed by atoms with E-state index in [1.807, 2.05) is 31.2 Å². The van der Waals surface area contributed by atoms with Crippen molar-refractivity contribution in [2.45, 2.75) is 18.7 Å². The molecule has 0 amide bonds. The van der Waals surface area contributed by atoms with Crippen LogP contribution in [0.1, 0.15) is 22.2 Å². The minimum atomic E-state index is -0.251. The summed E-state index contributed by atoms with van der Waals surface area (Å²) in [5.74, 6) is -0.244. The Morgan fingerprint density at radius 1 is 1.29 bits per heavy atom. The zero-order chi connectivity index (χ0) is 12.3. The summed E-state index contributed by atoms with van der Waals surface area (Å²) >= 11 is 6.28. The highest BCUT2D eigenvalue weighted by Gasteiger charge is 2.11. The maximum atomic E-state index is 13.3. The molecule has 0 aliphatic carbocycles. The van der Waals surface area contributed by atoms with Gasteiger partial charge in [-0.3, -0.25) is 4.98 Å². The molecule has 0 saturated carbocycles. The van der Waals surface area contributed by atoms with Gasteiger partial charge in [-0.25, -0.2) is 4.39 Å². The van der Waals surface area contributed by atoms with Crippen molar-refractivity contribution in [1.82, 2.24) is 4.98 Å². The molecule has 0 fully saturated rings. The standard InChI is InChI=1S/C14H13ClFN/c1-10-6-11(8-12(16)7-10)14(15)9-13-4-2-3-5-17-13/h2-8,14H,9H2,1H3. The molecule has 2 aromatic rings. The van der Waals surface area contributed by atoms with Crippen LogP contribution in [-0.2, 0) is 6.42 Å². The van der Waals surface area contributed by atoms with Crippen molar-refractivity contribution in [1.29, 1.82) is 0 Å². The summed E-state index contributed by atoms with van der Waals surface area (Å²) < 4.78 is 13.3. The average molecular weight is 250 g/mol. The number of hydrogen-bond acceptors (Lipinski definition) is 1. The molecule has 1 atom stereocenters. The number of rotatable bonds is 3. The predicted octanol–water partition coefficient (Wildman–Crippen LogP) is 4.05. The van der Waals surface area contributed by atoms with Crippen molar-refractivity contribution in [2.24, 2.45) is 0 Å². The third-order valence-corrected chi connectivity index (χ3v) is 2.95. The number of nitrogens with zero attached hydrogens (tertiary/aromatic N) is 1. The maximum Gasteiger partial charge on any atom is 0.123 e. The normalized spacial score (nSPS) is 12.4. The molecule has 1 aromatic carbocycles. The lowest BCUT2D eigenvalue weighted by molar-refractivity contribution is 0.623. The third-order valence-electron chi connectivity index (χ3n) is 2.54. The van der Waals surface area contributed by atoms with E-state index in [0.29, 0.717) is 6.42 Å². The molecule has 88 valence electrons. The van der Waals surface area contributed by atoms with Gasteiger partial charge in [0.25, 0.3) is 0 Å². The summed E-state index contributed by atoms with van der Waals surface area (Å²) in [6.07, 6.45) is 2.33. The van der Waals surface area contributed by atoms with Gasteiger partial charge in [-0.2, -0.15) is 0 Å². The van der Waals surface area contributed by atoms with E-state index in [1.165, 1.54) is 12.1 Å². The Labute approximate surface area is 105 Å². The molecule has 3 heteroatoms. The van der Waals surface area contributed by atoms with E-state index in [4.69, 9.17) is 11.6 Å². The van der Waals surface area contributed by atoms with Gasteiger partial charge in [-0.1, -0.05) is 12.1 Å². The Kier molecular flexibility index (Phi) is 3.75. The Balaban J connectivity index is 2.17. The first kappa shape index (κ1) is 12.1. The summed E-state index contributed by atoms with van der Waals surface area (Å²) in [6.45, 7) is 1.86. The first-order valence-electron chi connectivity index (χ1n) is 5.46. The summed E-state index contributed by atoms with van der Waals surface area (Å²) in [4.78, 5) is 4.21. The Morgan fingerprint density at radius 2 is 2.12 bits per heavy atom. The van der Waals surface area contributed by atoms with Gasteiger partial charge in [0.2, 0.25) is 0 Å². The SMILES string of the molecule is Cc1cc(F)cc(C(Cl)Cc2ccccn2)c1. The lowest BCUT2D eigenvalue weighted by Gasteiger charge is -2.10. The van der Waals surface area contributed by atoms with E-state index in [0.717, 1.165) is 16.8 Å². The third kappa shape index (κ3) is 3.27. The van der Waals surface area contributed by atoms with Crippen molar-refractivity contribution in [2.75, 3.05) is 0 Å². The molecule has 0 bridgehead atoms. The van der Waals surface area contributed by atoms with Crippen molar-refractivity contribution in [3.05, 3.63) is 65.2 Å². The number of benzene rings is 1. The topological polar surface area (TPSA) is 12.9 Å². The van der Waals surface area contributed by atoms with E-state index in [-0.39, 0.29) is 11.2 Å². The van der Waals surface area contributed by atoms with Crippen LogP contribution in [0.15, 0.2) is 42.6 Å². The molecule has 1 aromatic heterocycles. The molecule has 0 aliphatic heterocycles. The summed E-state index contributed by atoms with van der Waals surface area (Å²) in [5, 5.41) is -0.251. The first-order valence-corrected chi connectivity index (χ1v) is 5.90. The van der Waals surface area contributed by atoms with Crippen LogP contribution in [0.2, 0.25) is 0 Å². The van der Waals surface area contributed by atoms with Crippen LogP contribution >= 0.6 is 11.6 Å². The van der Waals surface area contributed by atoms with Crippen LogP contribution in [0.25, 0.3) is 0 Å². The molecule has 1 heterocycles. The van der Waals surface area contributed by atoms with Crippen LogP contribution in [0.4, 0.5) is 4.39 Å². The number of aryl methyl sites for hydroxylation is 1. The van der Waals surface area contributed by atoms with Gasteiger partial charge >= 0.3 is 0 Å². The summed E-state index contributed by atoms with van der Waals surface area (Å²) in [6, 6.07) is 10.6. The fourth-order valence-electron chi connectivity index (χ4n) is 1.77. The molecule has 1 nitrogen and oxygen atoms in total. The maximum absolute atomic E-state index is 13.3. The molecule has 0 N–H and O–H groups in total. The highest BCUT2D eigenvalue weighted by Crippen LogP contribution is 2.25. The minimum Gasteiger partial charge on any atom is -0.261 e. The van der Waals surface area contributed by atoms with Crippen molar-refractivity contribution >= 4 is 11.6 Å². The number of halogens is 2. The zero-order valence-corrected chi connectivity index (χ0v) is 10.3. The second-order valence-corrected chi connectivity index (χ2v) is 4.58. The summed E-state index contributed by atoms with van der Waals surface area (Å²) in [5.41, 5.74) is 2.59. The van der Waals surface area contributed by atoms with Gasteiger partial charge in [-0.05, 0) is 42.3 Å². The van der Waals surface area contributed by atoms with E-state index in [2.05, 4.69) is 4.98 Å². The summed E-state index contributed by atoms with van der Waals surface area (Å²) in [7, 11) is 0. The van der Waals surface area contributed by atoms with Crippen molar-refractivity contribution < 1.29 is 4.39 Å². The number of aromatic nitrogens is 1. The molecule has 0 spiro atoms. The highest BCUT2D eigenvalue weighted by molar-refractivity contribution is 6.20. The predicted molar refractivity (Wildman–Crippen MR) is 67.7 cm³/mol. The first-order chi connectivity index (χ1) is 8.15. The van der Waals surface area contributed by atoms with E-state index in [1.54, 1.807) is 6.20 Å². The van der Waals surface area contributed by atoms with Gasteiger partial charge in [-0.15, -0.1) is 11.6 Å². The average Bonchev–Trinajstić information content (AvgIpc) is 2.29. The lowest BCUT2D eigenvalue weighted by Crippen LogP contribution is -1.99. The van der Waals surface area contributed by atoms with Crippen molar-refractivity contribution in [3.63, 3.8) is 0 Å². The molecule has 17 heavy (non-hydrogen) atoms. The molecular weight excluding hydrogens is 237 g/mol. The fraction of sp³-hybridized carbons (Fsp3) is 0.214. The lowest BCUT2D eigenvalue weighted by atomic mass is 10.0. The second-order valence-electron chi connectivity index (χ2n) is 4.05. The van der Waals surface area contributed by atoms with Crippen LogP contribution < -0.4 is 0 Å². The second kappa shape index (κ2) is 5.28. The van der Waals surface area contributed by atoms with Gasteiger partial charge in [0.15, 0.2) is 0 Å². The van der Waals surface area contributed by atoms with Gasteiger partial charge < -0.3 is 0 Å². The molecule has 2 rings (SSSR count). The fourth-order valence-corrected chi connectivity index (χ4v) is 2.05. The van der Waals surface area contributed by atoms with E-state index < -0.39 is 0 Å². The Morgan fingerprint density at radius 3 is 2.76 bits per heavy atom. The number of alkyl halides is 1. The monoisotopic (exact) mass is 249 g/mol. The molecule has 0 saturated heterocycles. The van der Waals surface area contributed by atoms with Crippen LogP contribution in [0, 0.1) is 12.7 Å². The van der Waals surface area contributed by atoms with E-state index >= 15 is 0 Å². The van der Waals surface area contributed by atoms with Gasteiger partial charge in [0.1, 0.15) is 5.82 Å². The van der Waals surface area contributed by atoms with Crippen LogP contribution in [0.3, 0.4) is 0 Å². The molecule has 0 radical (unpaired) electrons. The van der Waals surface area contributed by atoms with Gasteiger partial charge in [0, 0.05) is 18.3 Å². The number of hydrogen-bond donors (Lipinski definition) is 0. The molecular formula is C14H13ClFN. The Hall–Kier alpha value is -1.41. The van der Waals surface area contributed by atoms with Crippen LogP contribution in [-0.4, -0.2) is 4.98 Å². The smallest absolute Gasteiger partial charge is 0.123 e. The zero-order valence-electron chi connectivity index (χ0n) is 9.53. The minimum absolute atomic E-state index is 0.244. The quantitative estimate of drug-likeness (QED) is 0.748. The Bertz CT molecular complexity index is 479. The largest absolute Gasteiger partial charge is 0.261 e. The molecule has 1 unspecified atom stereocenters. The van der Waals surface area contributed by atoms with Gasteiger partial charge in [0.05, 0.1) is 5.38 Å². The highest BCUT2D eigenvalue weighted by atomic mass is 35.5. The van der Waals surface area contributed by atoms with Crippen LogP contribution in [0.5, 0.6) is 0 Å². The van der Waals surface area contributed by atoms with Crippen molar-refractivity contribution in [3.8, 4) is 0 Å².